The molecular weight excluding hydrogens is 1560 g/mol. The summed E-state index contributed by atoms with van der Waals surface area (Å²) in [6.07, 6.45) is 0. The van der Waals surface area contributed by atoms with Gasteiger partial charge in [0.25, 0.3) is 0 Å². The molecule has 0 aliphatic heterocycles. The molecule has 0 aliphatic rings. The van der Waals surface area contributed by atoms with Crippen LogP contribution in [0.1, 0.15) is 0 Å². The fraction of sp³-hybridized carbons (Fsp3) is 0. The molecule has 24 aromatic carbocycles. The Kier molecular flexibility index (Phi) is 21.7. The summed E-state index contributed by atoms with van der Waals surface area (Å²) < 4.78 is 0. The second kappa shape index (κ2) is 35.6. The Labute approximate surface area is 759 Å². The minimum Gasteiger partial charge on any atom is -0.0622 e. The lowest BCUT2D eigenvalue weighted by atomic mass is 9.83. The number of fused-ring (bicyclic) bond motifs is 7. The van der Waals surface area contributed by atoms with Crippen molar-refractivity contribution in [3.05, 3.63) is 534 Å². The normalized spacial score (nSPS) is 11.2. The fourth-order valence-electron chi connectivity index (χ4n) is 19.6. The van der Waals surface area contributed by atoms with E-state index < -0.39 is 0 Å². The first-order valence-corrected chi connectivity index (χ1v) is 44.9. The van der Waals surface area contributed by atoms with Gasteiger partial charge in [0.15, 0.2) is 0 Å². The first-order chi connectivity index (χ1) is 64.5. The highest BCUT2D eigenvalue weighted by Crippen LogP contribution is 2.50. The first-order valence-electron chi connectivity index (χ1n) is 44.9. The zero-order chi connectivity index (χ0) is 86.5. The summed E-state index contributed by atoms with van der Waals surface area (Å²) in [5.74, 6) is 0. The molecule has 24 rings (SSSR count). The van der Waals surface area contributed by atoms with E-state index in [1.807, 2.05) is 0 Å². The Morgan fingerprint density at radius 1 is 0.0769 bits per heavy atom. The Hall–Kier alpha value is -16.9. The van der Waals surface area contributed by atoms with Crippen molar-refractivity contribution in [1.29, 1.82) is 0 Å². The second-order valence-corrected chi connectivity index (χ2v) is 33.6. The lowest BCUT2D eigenvalue weighted by molar-refractivity contribution is 1.57. The minimum atomic E-state index is 1.21. The summed E-state index contributed by atoms with van der Waals surface area (Å²) in [6.45, 7) is 0. The van der Waals surface area contributed by atoms with Crippen LogP contribution in [-0.4, -0.2) is 0 Å². The van der Waals surface area contributed by atoms with E-state index in [0.29, 0.717) is 0 Å². The van der Waals surface area contributed by atoms with Gasteiger partial charge in [0, 0.05) is 0 Å². The number of rotatable bonds is 14. The van der Waals surface area contributed by atoms with Crippen LogP contribution in [0.2, 0.25) is 0 Å². The van der Waals surface area contributed by atoms with Gasteiger partial charge in [-0.1, -0.05) is 455 Å². The average molecular weight is 1650 g/mol. The molecule has 0 amide bonds. The molecule has 0 N–H and O–H groups in total. The van der Waals surface area contributed by atoms with Crippen molar-refractivity contribution in [2.45, 2.75) is 0 Å². The lowest BCUT2D eigenvalue weighted by Gasteiger charge is -2.20. The largest absolute Gasteiger partial charge is 0.0622 e. The topological polar surface area (TPSA) is 0 Å². The van der Waals surface area contributed by atoms with Crippen molar-refractivity contribution in [1.82, 2.24) is 0 Å². The lowest BCUT2D eigenvalue weighted by Crippen LogP contribution is -1.93. The third-order valence-electron chi connectivity index (χ3n) is 25.7. The Morgan fingerprint density at radius 3 is 0.585 bits per heavy atom. The van der Waals surface area contributed by atoms with Gasteiger partial charge in [0.05, 0.1) is 0 Å². The van der Waals surface area contributed by atoms with E-state index in [2.05, 4.69) is 534 Å². The summed E-state index contributed by atoms with van der Waals surface area (Å²) in [6, 6.07) is 194. The molecule has 0 atom stereocenters. The molecule has 0 aliphatic carbocycles. The predicted octanol–water partition coefficient (Wildman–Crippen LogP) is 36.5. The van der Waals surface area contributed by atoms with Gasteiger partial charge < -0.3 is 0 Å². The molecule has 0 bridgehead atoms. The Balaban J connectivity index is 0.000000116. The van der Waals surface area contributed by atoms with Crippen molar-refractivity contribution < 1.29 is 0 Å². The Bertz CT molecular complexity index is 7620. The molecule has 0 spiro atoms. The average Bonchev–Trinajstić information content (AvgIpc) is 0.734. The van der Waals surface area contributed by atoms with Gasteiger partial charge >= 0.3 is 0 Å². The van der Waals surface area contributed by atoms with Crippen LogP contribution in [0.5, 0.6) is 0 Å². The molecule has 0 heteroatoms. The zero-order valence-electron chi connectivity index (χ0n) is 71.8. The van der Waals surface area contributed by atoms with E-state index in [9.17, 15) is 0 Å². The smallest absolute Gasteiger partial charge is 0.00204 e. The summed E-state index contributed by atoms with van der Waals surface area (Å²) in [7, 11) is 0. The van der Waals surface area contributed by atoms with E-state index in [1.165, 1.54) is 231 Å². The second-order valence-electron chi connectivity index (χ2n) is 33.6. The van der Waals surface area contributed by atoms with Gasteiger partial charge in [-0.05, 0) is 310 Å². The summed E-state index contributed by atoms with van der Waals surface area (Å²) in [4.78, 5) is 0. The highest BCUT2D eigenvalue weighted by molar-refractivity contribution is 6.23. The van der Waals surface area contributed by atoms with Crippen molar-refractivity contribution in [2.24, 2.45) is 0 Å². The molecule has 0 fully saturated rings. The van der Waals surface area contributed by atoms with Crippen molar-refractivity contribution in [3.63, 3.8) is 0 Å². The van der Waals surface area contributed by atoms with E-state index in [4.69, 9.17) is 0 Å². The third kappa shape index (κ3) is 15.8. The van der Waals surface area contributed by atoms with Gasteiger partial charge in [-0.25, -0.2) is 0 Å². The molecule has 0 saturated carbocycles. The first kappa shape index (κ1) is 79.0. The highest BCUT2D eigenvalue weighted by atomic mass is 14.3. The monoisotopic (exact) mass is 1650 g/mol. The van der Waals surface area contributed by atoms with Crippen LogP contribution in [0.15, 0.2) is 534 Å². The molecule has 130 heavy (non-hydrogen) atoms. The summed E-state index contributed by atoms with van der Waals surface area (Å²) in [5.41, 5.74) is 34.4. The maximum atomic E-state index is 2.37. The van der Waals surface area contributed by atoms with Crippen LogP contribution in [0.3, 0.4) is 0 Å². The van der Waals surface area contributed by atoms with E-state index in [0.717, 1.165) is 0 Å². The zero-order valence-corrected chi connectivity index (χ0v) is 71.8. The SMILES string of the molecule is c1ccc(-c2cc(-c3ccccc3)cc(-c3c4ccccc4c(-c4cc(-c5ccccc5)cc(-c5ccccc5)c4)c4ccccc34)c2)cc1.c1ccc(-c2cc(-c3ccccc3)cc(-c3cccc4c(-c5cc(-c6ccccc6)cc(-c6ccccc6)c5)cccc34)c2)cc1.c1ccc2c(-c3cccc4c(-c5cccc6ccccc56)c5ccccc5cc34)cccc2c1. The van der Waals surface area contributed by atoms with Gasteiger partial charge in [0.1, 0.15) is 0 Å². The number of benzene rings is 24. The number of hydrogen-bond acceptors (Lipinski definition) is 0. The predicted molar refractivity (Wildman–Crippen MR) is 558 cm³/mol. The summed E-state index contributed by atoms with van der Waals surface area (Å²) in [5, 5.41) is 17.7. The molecule has 0 heterocycles. The maximum Gasteiger partial charge on any atom is -0.00204 e. The van der Waals surface area contributed by atoms with Gasteiger partial charge in [-0.15, -0.1) is 0 Å². The number of hydrogen-bond donors (Lipinski definition) is 0. The maximum absolute atomic E-state index is 2.37. The quantitative estimate of drug-likeness (QED) is 0.0952. The van der Waals surface area contributed by atoms with E-state index in [1.54, 1.807) is 0 Å². The molecule has 24 aromatic rings. The van der Waals surface area contributed by atoms with E-state index >= 15 is 0 Å². The van der Waals surface area contributed by atoms with Crippen molar-refractivity contribution in [2.75, 3.05) is 0 Å². The molecule has 0 nitrogen and oxygen atoms in total. The van der Waals surface area contributed by atoms with Gasteiger partial charge in [-0.2, -0.15) is 0 Å². The van der Waals surface area contributed by atoms with Crippen LogP contribution in [0, 0.1) is 0 Å². The molecule has 608 valence electrons. The van der Waals surface area contributed by atoms with E-state index in [-0.39, 0.29) is 0 Å². The van der Waals surface area contributed by atoms with Gasteiger partial charge in [0.2, 0.25) is 0 Å². The van der Waals surface area contributed by atoms with Crippen molar-refractivity contribution in [3.8, 4) is 156 Å². The van der Waals surface area contributed by atoms with Crippen LogP contribution < -0.4 is 0 Å². The van der Waals surface area contributed by atoms with Crippen LogP contribution >= 0.6 is 0 Å². The molecule has 0 unspecified atom stereocenters. The highest BCUT2D eigenvalue weighted by Gasteiger charge is 2.23. The molecule has 0 aromatic heterocycles. The molecule has 0 saturated heterocycles. The van der Waals surface area contributed by atoms with Crippen molar-refractivity contribution >= 4 is 75.4 Å². The fourth-order valence-corrected chi connectivity index (χ4v) is 19.6. The molecular formula is C130H88. The van der Waals surface area contributed by atoms with Crippen LogP contribution in [0.25, 0.3) is 231 Å². The van der Waals surface area contributed by atoms with Crippen LogP contribution in [0.4, 0.5) is 0 Å². The minimum absolute atomic E-state index is 1.21. The standard InChI is InChI=1S/C50H34.C46H32.C34H22/c1-5-17-35(18-6-1)39-29-40(36-19-7-2-8-20-36)32-43(31-39)49-45-25-13-15-27-47(45)50(48-28-16-14-26-46(48)49)44-33-41(37-21-9-3-10-22-37)30-42(34-44)38-23-11-4-12-24-38;1-5-15-33(16-6-1)37-27-38(34-17-7-2-8-18-34)30-41(29-37)43-23-13-26-46-44(24-14-25-45(43)46)42-31-39(35-19-9-3-10-20-35)28-40(32-42)36-21-11-4-12-22-36;1-4-15-26-23(10-1)13-7-18-29(26)30-19-9-21-32-33(30)22-25-12-3-6-17-28(25)34(32)31-20-8-14-24-11-2-5-16-27(24)31/h1-34H;1-32H;1-22H. The van der Waals surface area contributed by atoms with Crippen LogP contribution in [-0.2, 0) is 0 Å². The summed E-state index contributed by atoms with van der Waals surface area (Å²) >= 11 is 0. The molecule has 0 radical (unpaired) electrons. The van der Waals surface area contributed by atoms with Gasteiger partial charge in [-0.3, -0.25) is 0 Å². The third-order valence-corrected chi connectivity index (χ3v) is 25.7. The Morgan fingerprint density at radius 2 is 0.269 bits per heavy atom.